The van der Waals surface area contributed by atoms with Crippen LogP contribution in [-0.4, -0.2) is 36.9 Å². The minimum Gasteiger partial charge on any atom is -0.478 e. The first-order valence-corrected chi connectivity index (χ1v) is 7.42. The van der Waals surface area contributed by atoms with Crippen LogP contribution in [0.15, 0.2) is 27.6 Å². The van der Waals surface area contributed by atoms with Crippen LogP contribution < -0.4 is 0 Å². The zero-order valence-electron chi connectivity index (χ0n) is 10.2. The zero-order chi connectivity index (χ0) is 14.1. The number of sulfonamides is 1. The third-order valence-electron chi connectivity index (χ3n) is 2.56. The van der Waals surface area contributed by atoms with Crippen LogP contribution in [0.1, 0.15) is 24.2 Å². The largest absolute Gasteiger partial charge is 0.478 e. The summed E-state index contributed by atoms with van der Waals surface area (Å²) in [5, 5.41) is 8.89. The maximum atomic E-state index is 12.3. The second kappa shape index (κ2) is 5.38. The van der Waals surface area contributed by atoms with Gasteiger partial charge in [0, 0.05) is 17.6 Å². The summed E-state index contributed by atoms with van der Waals surface area (Å²) in [5.41, 5.74) is -0.0612. The maximum absolute atomic E-state index is 12.3. The van der Waals surface area contributed by atoms with Crippen LogP contribution in [0.5, 0.6) is 0 Å². The molecule has 5 nitrogen and oxygen atoms in total. The Morgan fingerprint density at radius 3 is 2.39 bits per heavy atom. The van der Waals surface area contributed by atoms with Gasteiger partial charge in [-0.05, 0) is 48.0 Å². The lowest BCUT2D eigenvalue weighted by Gasteiger charge is -2.21. The second-order valence-electron chi connectivity index (χ2n) is 4.07. The van der Waals surface area contributed by atoms with Crippen molar-refractivity contribution < 1.29 is 18.3 Å². The molecular formula is C11H14BrNO4S. The topological polar surface area (TPSA) is 74.7 Å². The van der Waals surface area contributed by atoms with Crippen molar-refractivity contribution in [2.75, 3.05) is 7.05 Å². The van der Waals surface area contributed by atoms with Crippen LogP contribution in [0, 0.1) is 0 Å². The minimum absolute atomic E-state index is 0.0430. The van der Waals surface area contributed by atoms with Gasteiger partial charge in [-0.25, -0.2) is 13.2 Å². The van der Waals surface area contributed by atoms with Gasteiger partial charge in [-0.3, -0.25) is 0 Å². The van der Waals surface area contributed by atoms with E-state index in [0.717, 1.165) is 6.07 Å². The summed E-state index contributed by atoms with van der Waals surface area (Å²) in [6, 6.07) is 3.71. The molecule has 0 bridgehead atoms. The highest BCUT2D eigenvalue weighted by molar-refractivity contribution is 9.10. The highest BCUT2D eigenvalue weighted by atomic mass is 79.9. The molecule has 100 valence electrons. The van der Waals surface area contributed by atoms with Crippen molar-refractivity contribution in [1.82, 2.24) is 4.31 Å². The Morgan fingerprint density at radius 2 is 1.94 bits per heavy atom. The molecule has 0 saturated heterocycles. The summed E-state index contributed by atoms with van der Waals surface area (Å²) in [6.45, 7) is 3.49. The van der Waals surface area contributed by atoms with Gasteiger partial charge in [-0.1, -0.05) is 0 Å². The Labute approximate surface area is 115 Å². The normalized spacial score (nSPS) is 12.1. The molecule has 18 heavy (non-hydrogen) atoms. The van der Waals surface area contributed by atoms with E-state index in [9.17, 15) is 13.2 Å². The third-order valence-corrected chi connectivity index (χ3v) is 5.59. The summed E-state index contributed by atoms with van der Waals surface area (Å²) in [7, 11) is -2.24. The van der Waals surface area contributed by atoms with E-state index in [1.165, 1.54) is 23.5 Å². The summed E-state index contributed by atoms with van der Waals surface area (Å²) in [4.78, 5) is 10.8. The van der Waals surface area contributed by atoms with E-state index in [1.54, 1.807) is 13.8 Å². The number of hydrogen-bond donors (Lipinski definition) is 1. The molecule has 1 aromatic rings. The highest BCUT2D eigenvalue weighted by Crippen LogP contribution is 2.26. The molecule has 0 atom stereocenters. The fraction of sp³-hybridized carbons (Fsp3) is 0.364. The van der Waals surface area contributed by atoms with E-state index in [0.29, 0.717) is 4.47 Å². The number of rotatable bonds is 4. The van der Waals surface area contributed by atoms with Crippen LogP contribution >= 0.6 is 15.9 Å². The number of nitrogens with zero attached hydrogens (tertiary/aromatic N) is 1. The van der Waals surface area contributed by atoms with Crippen LogP contribution in [0.25, 0.3) is 0 Å². The lowest BCUT2D eigenvalue weighted by atomic mass is 10.2. The maximum Gasteiger partial charge on any atom is 0.335 e. The third kappa shape index (κ3) is 2.90. The lowest BCUT2D eigenvalue weighted by Crippen LogP contribution is -2.33. The van der Waals surface area contributed by atoms with Crippen LogP contribution in [0.4, 0.5) is 0 Å². The molecule has 0 fully saturated rings. The number of hydrogen-bond acceptors (Lipinski definition) is 3. The van der Waals surface area contributed by atoms with Gasteiger partial charge in [-0.15, -0.1) is 0 Å². The summed E-state index contributed by atoms with van der Waals surface area (Å²) < 4.78 is 26.1. The van der Waals surface area contributed by atoms with E-state index < -0.39 is 16.0 Å². The van der Waals surface area contributed by atoms with Crippen molar-refractivity contribution in [2.24, 2.45) is 0 Å². The Balaban J connectivity index is 3.41. The van der Waals surface area contributed by atoms with E-state index in [-0.39, 0.29) is 16.5 Å². The monoisotopic (exact) mass is 335 g/mol. The zero-order valence-corrected chi connectivity index (χ0v) is 12.6. The lowest BCUT2D eigenvalue weighted by molar-refractivity contribution is 0.0696. The molecule has 0 saturated carbocycles. The van der Waals surface area contributed by atoms with Crippen molar-refractivity contribution in [1.29, 1.82) is 0 Å². The number of halogens is 1. The van der Waals surface area contributed by atoms with Crippen molar-refractivity contribution in [3.63, 3.8) is 0 Å². The molecular weight excluding hydrogens is 322 g/mol. The highest BCUT2D eigenvalue weighted by Gasteiger charge is 2.26. The molecule has 0 aliphatic rings. The predicted octanol–water partition coefficient (Wildman–Crippen LogP) is 2.18. The smallest absolute Gasteiger partial charge is 0.335 e. The Hall–Kier alpha value is -0.920. The van der Waals surface area contributed by atoms with Gasteiger partial charge in [0.15, 0.2) is 0 Å². The summed E-state index contributed by atoms with van der Waals surface area (Å²) in [5.74, 6) is -1.16. The first-order valence-electron chi connectivity index (χ1n) is 5.18. The van der Waals surface area contributed by atoms with E-state index in [4.69, 9.17) is 5.11 Å². The molecule has 0 radical (unpaired) electrons. The van der Waals surface area contributed by atoms with Gasteiger partial charge >= 0.3 is 5.97 Å². The van der Waals surface area contributed by atoms with Gasteiger partial charge in [-0.2, -0.15) is 4.31 Å². The predicted molar refractivity (Wildman–Crippen MR) is 71.2 cm³/mol. The summed E-state index contributed by atoms with van der Waals surface area (Å²) >= 11 is 3.13. The Bertz CT molecular complexity index is 568. The van der Waals surface area contributed by atoms with Gasteiger partial charge in [0.1, 0.15) is 0 Å². The molecule has 0 aromatic heterocycles. The van der Waals surface area contributed by atoms with E-state index in [2.05, 4.69) is 15.9 Å². The number of carboxylic acids is 1. The average Bonchev–Trinajstić information content (AvgIpc) is 2.27. The molecule has 0 aliphatic carbocycles. The standard InChI is InChI=1S/C11H14BrNO4S/c1-7(2)13(3)18(16,17)10-6-8(11(14)15)4-5-9(10)12/h4-7H,1-3H3,(H,14,15). The van der Waals surface area contributed by atoms with Gasteiger partial charge in [0.25, 0.3) is 0 Å². The van der Waals surface area contributed by atoms with Crippen LogP contribution in [-0.2, 0) is 10.0 Å². The quantitative estimate of drug-likeness (QED) is 0.914. The Kier molecular flexibility index (Phi) is 4.52. The SMILES string of the molecule is CC(C)N(C)S(=O)(=O)c1cc(C(=O)O)ccc1Br. The van der Waals surface area contributed by atoms with Crippen LogP contribution in [0.3, 0.4) is 0 Å². The van der Waals surface area contributed by atoms with Crippen molar-refractivity contribution in [3.8, 4) is 0 Å². The van der Waals surface area contributed by atoms with Crippen molar-refractivity contribution in [3.05, 3.63) is 28.2 Å². The molecule has 0 amide bonds. The molecule has 0 aliphatic heterocycles. The van der Waals surface area contributed by atoms with E-state index >= 15 is 0 Å². The van der Waals surface area contributed by atoms with E-state index in [1.807, 2.05) is 0 Å². The first-order chi connectivity index (χ1) is 8.17. The number of benzene rings is 1. The molecule has 1 aromatic carbocycles. The van der Waals surface area contributed by atoms with Gasteiger partial charge in [0.2, 0.25) is 10.0 Å². The van der Waals surface area contributed by atoms with Gasteiger partial charge in [0.05, 0.1) is 10.5 Å². The van der Waals surface area contributed by atoms with Crippen molar-refractivity contribution in [2.45, 2.75) is 24.8 Å². The molecule has 1 rings (SSSR count). The number of carboxylic acid groups (broad SMARTS) is 1. The second-order valence-corrected chi connectivity index (χ2v) is 6.89. The Morgan fingerprint density at radius 1 is 1.39 bits per heavy atom. The average molecular weight is 336 g/mol. The number of carbonyl (C=O) groups is 1. The van der Waals surface area contributed by atoms with Crippen LogP contribution in [0.2, 0.25) is 0 Å². The first kappa shape index (κ1) is 15.1. The molecule has 0 unspecified atom stereocenters. The molecule has 0 spiro atoms. The minimum atomic E-state index is -3.70. The fourth-order valence-electron chi connectivity index (χ4n) is 1.27. The van der Waals surface area contributed by atoms with Crippen molar-refractivity contribution >= 4 is 31.9 Å². The molecule has 1 N–H and O–H groups in total. The summed E-state index contributed by atoms with van der Waals surface area (Å²) in [6.07, 6.45) is 0. The number of aromatic carboxylic acids is 1. The molecule has 0 heterocycles. The van der Waals surface area contributed by atoms with Gasteiger partial charge < -0.3 is 5.11 Å². The fourth-order valence-corrected chi connectivity index (χ4v) is 3.58. The molecule has 7 heteroatoms.